The van der Waals surface area contributed by atoms with E-state index in [9.17, 15) is 22.8 Å². The average molecular weight is 431 g/mol. The van der Waals surface area contributed by atoms with Crippen molar-refractivity contribution in [2.24, 2.45) is 0 Å². The summed E-state index contributed by atoms with van der Waals surface area (Å²) in [5.74, 6) is -0.493. The molecule has 4 rings (SSSR count). The lowest BCUT2D eigenvalue weighted by atomic mass is 10.1. The maximum Gasteiger partial charge on any atom is 0.416 e. The lowest BCUT2D eigenvalue weighted by Crippen LogP contribution is -2.37. The molecule has 1 aromatic heterocycles. The molecule has 1 N–H and O–H groups in total. The number of hydrogen-bond donors (Lipinski definition) is 1. The molecule has 0 bridgehead atoms. The number of alkyl halides is 3. The third-order valence-electron chi connectivity index (χ3n) is 5.21. The number of aromatic nitrogens is 1. The minimum atomic E-state index is -4.53. The molecular weight excluding hydrogens is 411 g/mol. The summed E-state index contributed by atoms with van der Waals surface area (Å²) in [6.45, 7) is 1.79. The molecule has 0 unspecified atom stereocenters. The number of amides is 1. The van der Waals surface area contributed by atoms with Crippen LogP contribution in [0.25, 0.3) is 10.9 Å². The summed E-state index contributed by atoms with van der Waals surface area (Å²) < 4.78 is 46.7. The maximum atomic E-state index is 13.3. The number of rotatable bonds is 5. The van der Waals surface area contributed by atoms with Gasteiger partial charge in [0.05, 0.1) is 30.2 Å². The highest BCUT2D eigenvalue weighted by atomic mass is 19.4. The molecule has 1 amide bonds. The molecule has 0 saturated carbocycles. The largest absolute Gasteiger partial charge is 0.416 e. The third-order valence-corrected chi connectivity index (χ3v) is 5.21. The van der Waals surface area contributed by atoms with Crippen molar-refractivity contribution in [2.45, 2.75) is 12.7 Å². The van der Waals surface area contributed by atoms with Crippen LogP contribution < -0.4 is 10.2 Å². The number of carbonyl (C=O) groups is 2. The fourth-order valence-electron chi connectivity index (χ4n) is 3.74. The number of morpholine rings is 1. The monoisotopic (exact) mass is 431 g/mol. The minimum absolute atomic E-state index is 0.0915. The Morgan fingerprint density at radius 2 is 1.87 bits per heavy atom. The summed E-state index contributed by atoms with van der Waals surface area (Å²) >= 11 is 0. The maximum absolute atomic E-state index is 13.3. The van der Waals surface area contributed by atoms with Gasteiger partial charge in [0.25, 0.3) is 0 Å². The first-order valence-corrected chi connectivity index (χ1v) is 9.73. The summed E-state index contributed by atoms with van der Waals surface area (Å²) in [5.41, 5.74) is 0.896. The summed E-state index contributed by atoms with van der Waals surface area (Å²) in [7, 11) is 0. The highest BCUT2D eigenvalue weighted by Gasteiger charge is 2.32. The molecule has 0 spiro atoms. The van der Waals surface area contributed by atoms with Gasteiger partial charge in [0.2, 0.25) is 5.91 Å². The number of aldehydes is 1. The average Bonchev–Trinajstić information content (AvgIpc) is 3.11. The van der Waals surface area contributed by atoms with Crippen LogP contribution in [0.15, 0.2) is 48.7 Å². The van der Waals surface area contributed by atoms with E-state index in [0.29, 0.717) is 54.7 Å². The predicted octanol–water partition coefficient (Wildman–Crippen LogP) is 3.95. The number of halogens is 3. The Bertz CT molecular complexity index is 1120. The molecule has 1 fully saturated rings. The first-order chi connectivity index (χ1) is 14.9. The van der Waals surface area contributed by atoms with Gasteiger partial charge >= 0.3 is 6.18 Å². The van der Waals surface area contributed by atoms with Crippen molar-refractivity contribution in [2.75, 3.05) is 36.5 Å². The van der Waals surface area contributed by atoms with Crippen molar-refractivity contribution in [1.82, 2.24) is 4.57 Å². The Balaban J connectivity index is 1.63. The number of fused-ring (bicyclic) bond motifs is 1. The van der Waals surface area contributed by atoms with Gasteiger partial charge in [0.1, 0.15) is 6.54 Å². The number of nitrogens with one attached hydrogen (secondary N) is 1. The topological polar surface area (TPSA) is 63.6 Å². The summed E-state index contributed by atoms with van der Waals surface area (Å²) in [5, 5.41) is 3.34. The van der Waals surface area contributed by atoms with Gasteiger partial charge in [-0.3, -0.25) is 9.59 Å². The highest BCUT2D eigenvalue weighted by Crippen LogP contribution is 2.36. The van der Waals surface area contributed by atoms with Crippen molar-refractivity contribution in [1.29, 1.82) is 0 Å². The number of para-hydroxylation sites is 1. The zero-order valence-electron chi connectivity index (χ0n) is 16.5. The van der Waals surface area contributed by atoms with E-state index in [1.165, 1.54) is 6.07 Å². The number of benzene rings is 2. The van der Waals surface area contributed by atoms with E-state index in [1.807, 2.05) is 4.90 Å². The Morgan fingerprint density at radius 1 is 1.13 bits per heavy atom. The van der Waals surface area contributed by atoms with Gasteiger partial charge < -0.3 is 19.5 Å². The molecule has 2 aromatic carbocycles. The molecule has 0 aliphatic carbocycles. The van der Waals surface area contributed by atoms with Crippen molar-refractivity contribution < 1.29 is 27.5 Å². The molecule has 31 heavy (non-hydrogen) atoms. The Kier molecular flexibility index (Phi) is 5.69. The first-order valence-electron chi connectivity index (χ1n) is 9.73. The molecule has 2 heterocycles. The van der Waals surface area contributed by atoms with Gasteiger partial charge in [0.15, 0.2) is 6.29 Å². The Morgan fingerprint density at radius 3 is 2.58 bits per heavy atom. The molecule has 3 aromatic rings. The number of anilines is 2. The van der Waals surface area contributed by atoms with Crippen molar-refractivity contribution >= 4 is 34.5 Å². The Hall–Kier alpha value is -3.33. The van der Waals surface area contributed by atoms with Crippen LogP contribution >= 0.6 is 0 Å². The summed E-state index contributed by atoms with van der Waals surface area (Å²) in [6, 6.07) is 10.5. The second kappa shape index (κ2) is 8.43. The zero-order valence-corrected chi connectivity index (χ0v) is 16.5. The quantitative estimate of drug-likeness (QED) is 0.622. The first kappa shape index (κ1) is 20.9. The molecule has 6 nitrogen and oxygen atoms in total. The van der Waals surface area contributed by atoms with Crippen LogP contribution in [0.1, 0.15) is 15.9 Å². The normalized spacial score (nSPS) is 14.6. The zero-order chi connectivity index (χ0) is 22.0. The van der Waals surface area contributed by atoms with Crippen LogP contribution in [0, 0.1) is 0 Å². The molecule has 1 saturated heterocycles. The van der Waals surface area contributed by atoms with Crippen LogP contribution in [0.3, 0.4) is 0 Å². The second-order valence-corrected chi connectivity index (χ2v) is 7.22. The van der Waals surface area contributed by atoms with E-state index in [4.69, 9.17) is 4.74 Å². The fraction of sp³-hybridized carbons (Fsp3) is 0.273. The number of hydrogen-bond acceptors (Lipinski definition) is 4. The van der Waals surface area contributed by atoms with Gasteiger partial charge in [-0.1, -0.05) is 18.2 Å². The molecule has 1 aliphatic heterocycles. The lowest BCUT2D eigenvalue weighted by Gasteiger charge is -2.31. The van der Waals surface area contributed by atoms with Crippen molar-refractivity contribution in [3.05, 3.63) is 59.8 Å². The molecule has 0 atom stereocenters. The van der Waals surface area contributed by atoms with Crippen LogP contribution in [0.4, 0.5) is 24.5 Å². The Labute approximate surface area is 176 Å². The van der Waals surface area contributed by atoms with Gasteiger partial charge in [-0.2, -0.15) is 13.2 Å². The lowest BCUT2D eigenvalue weighted by molar-refractivity contribution is -0.137. The molecular formula is C22H20F3N3O3. The van der Waals surface area contributed by atoms with Crippen LogP contribution in [-0.2, 0) is 22.3 Å². The van der Waals surface area contributed by atoms with E-state index < -0.39 is 17.6 Å². The van der Waals surface area contributed by atoms with E-state index in [-0.39, 0.29) is 12.2 Å². The smallest absolute Gasteiger partial charge is 0.378 e. The molecule has 1 aliphatic rings. The number of nitrogens with zero attached hydrogens (tertiary/aromatic N) is 2. The predicted molar refractivity (Wildman–Crippen MR) is 110 cm³/mol. The van der Waals surface area contributed by atoms with Gasteiger partial charge in [-0.15, -0.1) is 0 Å². The van der Waals surface area contributed by atoms with Crippen LogP contribution in [0.2, 0.25) is 0 Å². The van der Waals surface area contributed by atoms with Crippen LogP contribution in [0.5, 0.6) is 0 Å². The molecule has 9 heteroatoms. The molecule has 0 radical (unpaired) electrons. The highest BCUT2D eigenvalue weighted by molar-refractivity contribution is 5.99. The SMILES string of the molecule is O=Cc1cn(CC(=O)Nc2cc(C(F)(F)F)ccc2N2CCOCC2)c2ccccc12. The third kappa shape index (κ3) is 4.41. The van der Waals surface area contributed by atoms with E-state index in [1.54, 1.807) is 35.0 Å². The second-order valence-electron chi connectivity index (χ2n) is 7.22. The van der Waals surface area contributed by atoms with E-state index in [2.05, 4.69) is 5.32 Å². The van der Waals surface area contributed by atoms with Crippen LogP contribution in [-0.4, -0.2) is 43.1 Å². The van der Waals surface area contributed by atoms with Gasteiger partial charge in [0, 0.05) is 35.8 Å². The standard InChI is InChI=1S/C22H20F3N3O3/c23-22(24,25)16-5-6-20(27-7-9-31-10-8-27)18(11-16)26-21(30)13-28-12-15(14-29)17-3-1-2-4-19(17)28/h1-6,11-12,14H,7-10,13H2,(H,26,30). The molecule has 162 valence electrons. The van der Waals surface area contributed by atoms with Crippen molar-refractivity contribution in [3.63, 3.8) is 0 Å². The van der Waals surface area contributed by atoms with Gasteiger partial charge in [-0.25, -0.2) is 0 Å². The fourth-order valence-corrected chi connectivity index (χ4v) is 3.74. The van der Waals surface area contributed by atoms with Crippen molar-refractivity contribution in [3.8, 4) is 0 Å². The van der Waals surface area contributed by atoms with E-state index in [0.717, 1.165) is 12.1 Å². The summed E-state index contributed by atoms with van der Waals surface area (Å²) in [6.07, 6.45) is -2.26. The number of carbonyl (C=O) groups excluding carboxylic acids is 2. The summed E-state index contributed by atoms with van der Waals surface area (Å²) in [4.78, 5) is 26.0. The van der Waals surface area contributed by atoms with Gasteiger partial charge in [-0.05, 0) is 24.3 Å². The number of ether oxygens (including phenoxy) is 1. The van der Waals surface area contributed by atoms with E-state index >= 15 is 0 Å². The minimum Gasteiger partial charge on any atom is -0.378 e.